The minimum atomic E-state index is -5.08. The van der Waals surface area contributed by atoms with Crippen molar-refractivity contribution < 1.29 is 37.8 Å². The maximum atomic E-state index is 11.1. The summed E-state index contributed by atoms with van der Waals surface area (Å²) in [4.78, 5) is 30.1. The van der Waals surface area contributed by atoms with Crippen LogP contribution in [0.15, 0.2) is 0 Å². The average Bonchev–Trinajstić information content (AvgIpc) is 2.78. The highest BCUT2D eigenvalue weighted by Crippen LogP contribution is 2.13. The second-order valence-corrected chi connectivity index (χ2v) is 3.56. The van der Waals surface area contributed by atoms with Gasteiger partial charge in [0.25, 0.3) is 0 Å². The third-order valence-electron chi connectivity index (χ3n) is 2.03. The van der Waals surface area contributed by atoms with Crippen LogP contribution in [0.25, 0.3) is 0 Å². The normalized spacial score (nSPS) is 18.2. The van der Waals surface area contributed by atoms with Crippen molar-refractivity contribution in [2.45, 2.75) is 25.1 Å². The van der Waals surface area contributed by atoms with Crippen molar-refractivity contribution in [2.24, 2.45) is 0 Å². The molecule has 0 spiro atoms. The van der Waals surface area contributed by atoms with Gasteiger partial charge in [-0.15, -0.1) is 0 Å². The number of halogens is 3. The molecular weight excluding hydrogens is 273 g/mol. The molecule has 1 atom stereocenters. The molecule has 1 aliphatic heterocycles. The molecule has 0 saturated carbocycles. The van der Waals surface area contributed by atoms with Crippen molar-refractivity contribution in [1.82, 2.24) is 10.6 Å². The molecule has 0 bridgehead atoms. The summed E-state index contributed by atoms with van der Waals surface area (Å²) < 4.78 is 31.7. The van der Waals surface area contributed by atoms with E-state index in [1.54, 1.807) is 0 Å². The van der Waals surface area contributed by atoms with Gasteiger partial charge < -0.3 is 20.8 Å². The van der Waals surface area contributed by atoms with E-state index in [-0.39, 0.29) is 18.5 Å². The van der Waals surface area contributed by atoms with Gasteiger partial charge in [0.1, 0.15) is 6.54 Å². The topological polar surface area (TPSA) is 116 Å². The highest BCUT2D eigenvalue weighted by molar-refractivity contribution is 5.85. The van der Waals surface area contributed by atoms with Crippen molar-refractivity contribution in [3.05, 3.63) is 0 Å². The Morgan fingerprint density at radius 1 is 1.26 bits per heavy atom. The number of aliphatic carboxylic acids is 2. The lowest BCUT2D eigenvalue weighted by Crippen LogP contribution is -2.42. The van der Waals surface area contributed by atoms with Gasteiger partial charge >= 0.3 is 18.1 Å². The number of carboxylic acid groups (broad SMARTS) is 2. The summed E-state index contributed by atoms with van der Waals surface area (Å²) >= 11 is 0. The van der Waals surface area contributed by atoms with Gasteiger partial charge in [-0.05, 0) is 19.4 Å². The van der Waals surface area contributed by atoms with Gasteiger partial charge in [0.2, 0.25) is 5.91 Å². The summed E-state index contributed by atoms with van der Waals surface area (Å²) in [6.07, 6.45) is -3.31. The maximum Gasteiger partial charge on any atom is 0.490 e. The second-order valence-electron chi connectivity index (χ2n) is 3.56. The number of alkyl halides is 3. The molecule has 110 valence electrons. The number of amides is 1. The third kappa shape index (κ3) is 7.97. The van der Waals surface area contributed by atoms with E-state index < -0.39 is 18.1 Å². The van der Waals surface area contributed by atoms with Gasteiger partial charge in [-0.25, -0.2) is 4.79 Å². The number of hydrogen-bond donors (Lipinski definition) is 4. The van der Waals surface area contributed by atoms with Crippen LogP contribution < -0.4 is 10.6 Å². The predicted molar refractivity (Wildman–Crippen MR) is 55.4 cm³/mol. The van der Waals surface area contributed by atoms with Crippen LogP contribution >= 0.6 is 0 Å². The molecular formula is C9H13F3N2O5. The zero-order chi connectivity index (χ0) is 15.1. The number of carbonyl (C=O) groups excluding carboxylic acids is 1. The fourth-order valence-corrected chi connectivity index (χ4v) is 1.19. The first-order valence-electron chi connectivity index (χ1n) is 5.17. The summed E-state index contributed by atoms with van der Waals surface area (Å²) in [5.74, 6) is -3.98. The number of rotatable bonds is 3. The molecule has 19 heavy (non-hydrogen) atoms. The minimum absolute atomic E-state index is 0.190. The quantitative estimate of drug-likeness (QED) is 0.559. The molecule has 0 unspecified atom stereocenters. The van der Waals surface area contributed by atoms with Crippen LogP contribution in [0.3, 0.4) is 0 Å². The molecule has 1 rings (SSSR count). The fourth-order valence-electron chi connectivity index (χ4n) is 1.19. The number of hydrogen-bond acceptors (Lipinski definition) is 4. The monoisotopic (exact) mass is 286 g/mol. The van der Waals surface area contributed by atoms with Gasteiger partial charge in [0, 0.05) is 0 Å². The number of carboxylic acids is 2. The molecule has 4 N–H and O–H groups in total. The van der Waals surface area contributed by atoms with Gasteiger partial charge in [-0.3, -0.25) is 9.59 Å². The summed E-state index contributed by atoms with van der Waals surface area (Å²) in [6.45, 7) is 0.544. The molecule has 7 nitrogen and oxygen atoms in total. The van der Waals surface area contributed by atoms with Crippen molar-refractivity contribution >= 4 is 17.8 Å². The van der Waals surface area contributed by atoms with E-state index in [1.807, 2.05) is 0 Å². The number of nitrogens with one attached hydrogen (secondary N) is 2. The van der Waals surface area contributed by atoms with Crippen LogP contribution in [0.2, 0.25) is 0 Å². The first-order chi connectivity index (χ1) is 8.64. The first-order valence-corrected chi connectivity index (χ1v) is 5.17. The SMILES string of the molecule is O=C(O)C(F)(F)F.O=C(O)CNC(=O)[C@@H]1CCCN1. The molecule has 0 aromatic carbocycles. The van der Waals surface area contributed by atoms with E-state index in [4.69, 9.17) is 15.0 Å². The van der Waals surface area contributed by atoms with Crippen LogP contribution in [-0.4, -0.2) is 53.4 Å². The van der Waals surface area contributed by atoms with Gasteiger partial charge in [-0.2, -0.15) is 13.2 Å². The molecule has 10 heteroatoms. The average molecular weight is 286 g/mol. The fraction of sp³-hybridized carbons (Fsp3) is 0.667. The Kier molecular flexibility index (Phi) is 6.83. The molecule has 1 heterocycles. The molecule has 1 aliphatic rings. The molecule has 1 amide bonds. The van der Waals surface area contributed by atoms with Crippen LogP contribution in [0, 0.1) is 0 Å². The van der Waals surface area contributed by atoms with Crippen LogP contribution in [0.1, 0.15) is 12.8 Å². The summed E-state index contributed by atoms with van der Waals surface area (Å²) in [5, 5.41) is 20.7. The summed E-state index contributed by atoms with van der Waals surface area (Å²) in [5.41, 5.74) is 0. The molecule has 0 aromatic heterocycles. The lowest BCUT2D eigenvalue weighted by molar-refractivity contribution is -0.192. The van der Waals surface area contributed by atoms with Crippen LogP contribution in [0.4, 0.5) is 13.2 Å². The van der Waals surface area contributed by atoms with Crippen molar-refractivity contribution in [3.63, 3.8) is 0 Å². The summed E-state index contributed by atoms with van der Waals surface area (Å²) in [7, 11) is 0. The highest BCUT2D eigenvalue weighted by Gasteiger charge is 2.38. The summed E-state index contributed by atoms with van der Waals surface area (Å²) in [6, 6.07) is -0.190. The van der Waals surface area contributed by atoms with Crippen LogP contribution in [-0.2, 0) is 14.4 Å². The Bertz CT molecular complexity index is 339. The van der Waals surface area contributed by atoms with Gasteiger partial charge in [0.15, 0.2) is 0 Å². The minimum Gasteiger partial charge on any atom is -0.480 e. The predicted octanol–water partition coefficient (Wildman–Crippen LogP) is -0.428. The molecule has 0 radical (unpaired) electrons. The molecule has 1 saturated heterocycles. The maximum absolute atomic E-state index is 11.1. The van der Waals surface area contributed by atoms with Crippen molar-refractivity contribution in [3.8, 4) is 0 Å². The Morgan fingerprint density at radius 3 is 2.11 bits per heavy atom. The van der Waals surface area contributed by atoms with E-state index in [9.17, 15) is 22.8 Å². The highest BCUT2D eigenvalue weighted by atomic mass is 19.4. The van der Waals surface area contributed by atoms with E-state index in [0.717, 1.165) is 19.4 Å². The van der Waals surface area contributed by atoms with Crippen molar-refractivity contribution in [1.29, 1.82) is 0 Å². The molecule has 1 fully saturated rings. The standard InChI is InChI=1S/C7H12N2O3.C2HF3O2/c10-6(11)4-9-7(12)5-2-1-3-8-5;3-2(4,5)1(6)7/h5,8H,1-4H2,(H,9,12)(H,10,11);(H,6,7)/t5-;/m0./s1. The Labute approximate surface area is 105 Å². The molecule has 0 aliphatic carbocycles. The first kappa shape index (κ1) is 17.2. The smallest absolute Gasteiger partial charge is 0.480 e. The molecule has 0 aromatic rings. The lowest BCUT2D eigenvalue weighted by atomic mass is 10.2. The largest absolute Gasteiger partial charge is 0.490 e. The number of carbonyl (C=O) groups is 3. The third-order valence-corrected chi connectivity index (χ3v) is 2.03. The van der Waals surface area contributed by atoms with Crippen LogP contribution in [0.5, 0.6) is 0 Å². The van der Waals surface area contributed by atoms with Gasteiger partial charge in [-0.1, -0.05) is 0 Å². The Morgan fingerprint density at radius 2 is 1.79 bits per heavy atom. The van der Waals surface area contributed by atoms with E-state index in [1.165, 1.54) is 0 Å². The Balaban J connectivity index is 0.000000399. The van der Waals surface area contributed by atoms with Gasteiger partial charge in [0.05, 0.1) is 6.04 Å². The zero-order valence-corrected chi connectivity index (χ0v) is 9.66. The second kappa shape index (κ2) is 7.56. The van der Waals surface area contributed by atoms with E-state index in [0.29, 0.717) is 0 Å². The van der Waals surface area contributed by atoms with E-state index in [2.05, 4.69) is 10.6 Å². The lowest BCUT2D eigenvalue weighted by Gasteiger charge is -2.08. The Hall–Kier alpha value is -1.84. The van der Waals surface area contributed by atoms with Crippen molar-refractivity contribution in [2.75, 3.05) is 13.1 Å². The zero-order valence-electron chi connectivity index (χ0n) is 9.66. The van der Waals surface area contributed by atoms with E-state index >= 15 is 0 Å².